The molecule has 2 fully saturated rings. The van der Waals surface area contributed by atoms with E-state index in [1.54, 1.807) is 0 Å². The maximum absolute atomic E-state index is 12.0. The minimum atomic E-state index is -0.593. The number of fused-ring (bicyclic) bond motifs is 1. The first kappa shape index (κ1) is 10.6. The van der Waals surface area contributed by atoms with E-state index in [0.29, 0.717) is 22.7 Å². The van der Waals surface area contributed by atoms with Gasteiger partial charge in [-0.1, -0.05) is 13.8 Å². The smallest absolute Gasteiger partial charge is 0.0506 e. The number of hydrogen-bond donors (Lipinski definition) is 1. The summed E-state index contributed by atoms with van der Waals surface area (Å²) in [5.41, 5.74) is 0.332. The van der Waals surface area contributed by atoms with Crippen molar-refractivity contribution >= 4 is 10.8 Å². The highest BCUT2D eigenvalue weighted by atomic mass is 32.2. The van der Waals surface area contributed by atoms with Crippen LogP contribution in [0, 0.1) is 5.41 Å². The Hall–Kier alpha value is 0.110. The molecule has 4 unspecified atom stereocenters. The Bertz CT molecular complexity index is 252. The summed E-state index contributed by atoms with van der Waals surface area (Å²) in [7, 11) is -0.593. The molecule has 0 aromatic heterocycles. The Balaban J connectivity index is 2.22. The summed E-state index contributed by atoms with van der Waals surface area (Å²) < 4.78 is 12.0. The monoisotopic (exact) mass is 215 g/mol. The van der Waals surface area contributed by atoms with Gasteiger partial charge < -0.3 is 5.32 Å². The van der Waals surface area contributed by atoms with Crippen molar-refractivity contribution in [2.75, 3.05) is 5.75 Å². The first-order chi connectivity index (χ1) is 6.50. The van der Waals surface area contributed by atoms with E-state index in [4.69, 9.17) is 0 Å². The zero-order valence-corrected chi connectivity index (χ0v) is 10.2. The van der Waals surface area contributed by atoms with Crippen LogP contribution in [-0.2, 0) is 10.8 Å². The Labute approximate surface area is 89.3 Å². The van der Waals surface area contributed by atoms with Crippen LogP contribution in [0.15, 0.2) is 0 Å². The molecule has 0 aromatic carbocycles. The summed E-state index contributed by atoms with van der Waals surface area (Å²) in [6.45, 7) is 6.83. The zero-order chi connectivity index (χ0) is 10.3. The molecule has 14 heavy (non-hydrogen) atoms. The van der Waals surface area contributed by atoms with E-state index in [-0.39, 0.29) is 0 Å². The van der Waals surface area contributed by atoms with Crippen LogP contribution >= 0.6 is 0 Å². The highest BCUT2D eigenvalue weighted by Gasteiger charge is 2.45. The van der Waals surface area contributed by atoms with Crippen molar-refractivity contribution in [3.63, 3.8) is 0 Å². The number of nitrogens with one attached hydrogen (secondary N) is 1. The van der Waals surface area contributed by atoms with Crippen molar-refractivity contribution in [3.8, 4) is 0 Å². The van der Waals surface area contributed by atoms with Crippen LogP contribution in [0.4, 0.5) is 0 Å². The van der Waals surface area contributed by atoms with Gasteiger partial charge in [0.2, 0.25) is 0 Å². The molecule has 1 saturated carbocycles. The third kappa shape index (κ3) is 1.76. The lowest BCUT2D eigenvalue weighted by atomic mass is 9.87. The Kier molecular flexibility index (Phi) is 2.73. The fraction of sp³-hybridized carbons (Fsp3) is 1.00. The van der Waals surface area contributed by atoms with Gasteiger partial charge in [-0.25, -0.2) is 0 Å². The van der Waals surface area contributed by atoms with E-state index in [2.05, 4.69) is 26.1 Å². The molecule has 0 spiro atoms. The van der Waals surface area contributed by atoms with Gasteiger partial charge in [-0.05, 0) is 31.6 Å². The van der Waals surface area contributed by atoms with E-state index < -0.39 is 10.8 Å². The van der Waals surface area contributed by atoms with Crippen LogP contribution < -0.4 is 5.32 Å². The second-order valence-electron chi connectivity index (χ2n) is 5.48. The van der Waals surface area contributed by atoms with Crippen LogP contribution in [0.5, 0.6) is 0 Å². The molecule has 0 radical (unpaired) electrons. The van der Waals surface area contributed by atoms with E-state index >= 15 is 0 Å². The van der Waals surface area contributed by atoms with E-state index in [1.165, 1.54) is 6.42 Å². The number of hydrogen-bond acceptors (Lipinski definition) is 2. The van der Waals surface area contributed by atoms with E-state index in [0.717, 1.165) is 18.6 Å². The highest BCUT2D eigenvalue weighted by molar-refractivity contribution is 7.85. The average Bonchev–Trinajstić information content (AvgIpc) is 2.29. The summed E-state index contributed by atoms with van der Waals surface area (Å²) in [6, 6.07) is 1.01. The van der Waals surface area contributed by atoms with Gasteiger partial charge in [0, 0.05) is 28.6 Å². The van der Waals surface area contributed by atoms with Crippen molar-refractivity contribution in [1.82, 2.24) is 5.32 Å². The van der Waals surface area contributed by atoms with Crippen LogP contribution in [0.25, 0.3) is 0 Å². The molecule has 2 aliphatic rings. The van der Waals surface area contributed by atoms with Gasteiger partial charge in [0.05, 0.1) is 5.25 Å². The Morgan fingerprint density at radius 3 is 2.79 bits per heavy atom. The molecular weight excluding hydrogens is 194 g/mol. The molecule has 4 atom stereocenters. The first-order valence-corrected chi connectivity index (χ1v) is 7.02. The van der Waals surface area contributed by atoms with Crippen molar-refractivity contribution in [3.05, 3.63) is 0 Å². The summed E-state index contributed by atoms with van der Waals surface area (Å²) in [4.78, 5) is 0. The molecule has 1 N–H and O–H groups in total. The second-order valence-corrected chi connectivity index (χ2v) is 7.26. The Morgan fingerprint density at radius 1 is 1.36 bits per heavy atom. The predicted molar refractivity (Wildman–Crippen MR) is 60.8 cm³/mol. The van der Waals surface area contributed by atoms with Crippen molar-refractivity contribution in [1.29, 1.82) is 0 Å². The van der Waals surface area contributed by atoms with E-state index in [1.807, 2.05) is 0 Å². The van der Waals surface area contributed by atoms with Gasteiger partial charge in [0.25, 0.3) is 0 Å². The van der Waals surface area contributed by atoms with E-state index in [9.17, 15) is 4.21 Å². The van der Waals surface area contributed by atoms with Crippen LogP contribution in [0.3, 0.4) is 0 Å². The zero-order valence-electron chi connectivity index (χ0n) is 9.38. The standard InChI is InChI=1S/C11H21NOS/c1-8-5-7-14(13)9-4-6-11(2,3)10(9)12-8/h8-10,12H,4-7H2,1-3H3. The fourth-order valence-electron chi connectivity index (χ4n) is 2.79. The fourth-order valence-corrected chi connectivity index (χ4v) is 4.81. The molecule has 1 aliphatic carbocycles. The summed E-state index contributed by atoms with van der Waals surface area (Å²) in [5, 5.41) is 4.08. The quantitative estimate of drug-likeness (QED) is 0.666. The van der Waals surface area contributed by atoms with Gasteiger partial charge in [-0.15, -0.1) is 0 Å². The second kappa shape index (κ2) is 3.60. The molecule has 2 nitrogen and oxygen atoms in total. The molecule has 2 rings (SSSR count). The molecule has 0 amide bonds. The lowest BCUT2D eigenvalue weighted by Crippen LogP contribution is -2.47. The van der Waals surface area contributed by atoms with Gasteiger partial charge in [-0.2, -0.15) is 0 Å². The first-order valence-electron chi connectivity index (χ1n) is 5.64. The van der Waals surface area contributed by atoms with Gasteiger partial charge >= 0.3 is 0 Å². The maximum atomic E-state index is 12.0. The van der Waals surface area contributed by atoms with Crippen LogP contribution in [0.2, 0.25) is 0 Å². The molecule has 1 aliphatic heterocycles. The molecule has 1 heterocycles. The molecule has 3 heteroatoms. The van der Waals surface area contributed by atoms with Crippen molar-refractivity contribution < 1.29 is 4.21 Å². The van der Waals surface area contributed by atoms with Crippen LogP contribution in [-0.4, -0.2) is 27.3 Å². The molecule has 1 saturated heterocycles. The lowest BCUT2D eigenvalue weighted by molar-refractivity contribution is 0.269. The average molecular weight is 215 g/mol. The molecule has 0 aromatic rings. The lowest BCUT2D eigenvalue weighted by Gasteiger charge is -2.31. The van der Waals surface area contributed by atoms with Crippen LogP contribution in [0.1, 0.15) is 40.0 Å². The van der Waals surface area contributed by atoms with Gasteiger partial charge in [0.15, 0.2) is 0 Å². The normalized spacial score (nSPS) is 47.1. The third-order valence-corrected chi connectivity index (χ3v) is 5.66. The topological polar surface area (TPSA) is 29.1 Å². The maximum Gasteiger partial charge on any atom is 0.0506 e. The van der Waals surface area contributed by atoms with Gasteiger partial charge in [0.1, 0.15) is 0 Å². The number of rotatable bonds is 0. The molecule has 82 valence electrons. The minimum Gasteiger partial charge on any atom is -0.310 e. The van der Waals surface area contributed by atoms with Crippen molar-refractivity contribution in [2.45, 2.75) is 57.4 Å². The SMILES string of the molecule is CC1CCS(=O)C2CCC(C)(C)C2N1. The largest absolute Gasteiger partial charge is 0.310 e. The highest BCUT2D eigenvalue weighted by Crippen LogP contribution is 2.41. The summed E-state index contributed by atoms with van der Waals surface area (Å²) in [5.74, 6) is 0.894. The predicted octanol–water partition coefficient (Wildman–Crippen LogP) is 1.67. The minimum absolute atomic E-state index is 0.332. The van der Waals surface area contributed by atoms with Gasteiger partial charge in [-0.3, -0.25) is 4.21 Å². The molecular formula is C11H21NOS. The van der Waals surface area contributed by atoms with Crippen molar-refractivity contribution in [2.24, 2.45) is 5.41 Å². The molecule has 0 bridgehead atoms. The summed E-state index contributed by atoms with van der Waals surface area (Å²) >= 11 is 0. The summed E-state index contributed by atoms with van der Waals surface area (Å²) in [6.07, 6.45) is 3.42. The Morgan fingerprint density at radius 2 is 2.07 bits per heavy atom. The third-order valence-electron chi connectivity index (χ3n) is 3.84.